The summed E-state index contributed by atoms with van der Waals surface area (Å²) in [4.78, 5) is 26.6. The van der Waals surface area contributed by atoms with Crippen molar-refractivity contribution in [2.24, 2.45) is 0 Å². The first-order chi connectivity index (χ1) is 10.2. The number of rotatable bonds is 6. The third-order valence-corrected chi connectivity index (χ3v) is 2.56. The molecule has 1 heterocycles. The quantitative estimate of drug-likeness (QED) is 0.475. The highest BCUT2D eigenvalue weighted by Gasteiger charge is 2.36. The average molecular weight is 320 g/mol. The molecule has 0 saturated carbocycles. The summed E-state index contributed by atoms with van der Waals surface area (Å²) in [7, 11) is 0. The van der Waals surface area contributed by atoms with Gasteiger partial charge < -0.3 is 15.2 Å². The maximum Gasteiger partial charge on any atom is 0.421 e. The molecule has 0 aromatic carbocycles. The molecule has 0 fully saturated rings. The first-order valence-corrected chi connectivity index (χ1v) is 6.44. The summed E-state index contributed by atoms with van der Waals surface area (Å²) in [6, 6.07) is 0.474. The van der Waals surface area contributed by atoms with Crippen molar-refractivity contribution in [1.29, 1.82) is 0 Å². The fraction of sp³-hybridized carbons (Fsp3) is 0.462. The second-order valence-corrected chi connectivity index (χ2v) is 4.19. The summed E-state index contributed by atoms with van der Waals surface area (Å²) >= 11 is 0. The van der Waals surface area contributed by atoms with E-state index in [-0.39, 0.29) is 19.0 Å². The fourth-order valence-corrected chi connectivity index (χ4v) is 1.67. The predicted molar refractivity (Wildman–Crippen MR) is 70.6 cm³/mol. The van der Waals surface area contributed by atoms with Gasteiger partial charge in [0.1, 0.15) is 17.8 Å². The van der Waals surface area contributed by atoms with Crippen LogP contribution >= 0.6 is 0 Å². The zero-order valence-electron chi connectivity index (χ0n) is 12.0. The van der Waals surface area contributed by atoms with Gasteiger partial charge in [0.15, 0.2) is 5.78 Å². The molecular formula is C13H15F3N2O4. The Labute approximate surface area is 124 Å². The van der Waals surface area contributed by atoms with E-state index < -0.39 is 41.4 Å². The number of esters is 1. The Morgan fingerprint density at radius 2 is 2.00 bits per heavy atom. The van der Waals surface area contributed by atoms with Crippen LogP contribution in [0.5, 0.6) is 5.88 Å². The van der Waals surface area contributed by atoms with Gasteiger partial charge >= 0.3 is 12.1 Å². The maximum absolute atomic E-state index is 12.8. The zero-order valence-corrected chi connectivity index (χ0v) is 12.0. The number of pyridine rings is 1. The van der Waals surface area contributed by atoms with Crippen molar-refractivity contribution in [1.82, 2.24) is 4.98 Å². The van der Waals surface area contributed by atoms with Gasteiger partial charge in [-0.3, -0.25) is 9.59 Å². The number of ether oxygens (including phenoxy) is 1. The van der Waals surface area contributed by atoms with Crippen molar-refractivity contribution in [3.8, 4) is 5.88 Å². The van der Waals surface area contributed by atoms with Crippen LogP contribution in [-0.4, -0.2) is 35.0 Å². The normalized spacial score (nSPS) is 11.1. The highest BCUT2D eigenvalue weighted by Crippen LogP contribution is 2.37. The Morgan fingerprint density at radius 1 is 1.36 bits per heavy atom. The van der Waals surface area contributed by atoms with E-state index in [0.29, 0.717) is 6.07 Å². The zero-order chi connectivity index (χ0) is 16.9. The SMILES string of the molecule is CCNc1nc(O)c(C(F)(F)F)cc1C(=O)CC(=O)OCC. The minimum Gasteiger partial charge on any atom is -0.493 e. The van der Waals surface area contributed by atoms with Gasteiger partial charge in [-0.25, -0.2) is 0 Å². The molecule has 0 aliphatic heterocycles. The van der Waals surface area contributed by atoms with Gasteiger partial charge in [-0.05, 0) is 19.9 Å². The van der Waals surface area contributed by atoms with E-state index in [1.54, 1.807) is 6.92 Å². The van der Waals surface area contributed by atoms with Crippen LogP contribution in [0.3, 0.4) is 0 Å². The van der Waals surface area contributed by atoms with Gasteiger partial charge in [0.25, 0.3) is 0 Å². The third-order valence-electron chi connectivity index (χ3n) is 2.56. The topological polar surface area (TPSA) is 88.5 Å². The maximum atomic E-state index is 12.8. The molecule has 1 aromatic rings. The number of carbonyl (C=O) groups is 2. The second kappa shape index (κ2) is 7.10. The van der Waals surface area contributed by atoms with Gasteiger partial charge in [-0.15, -0.1) is 0 Å². The van der Waals surface area contributed by atoms with E-state index >= 15 is 0 Å². The third kappa shape index (κ3) is 4.34. The number of ketones is 1. The predicted octanol–water partition coefficient (Wildman–Crippen LogP) is 2.37. The van der Waals surface area contributed by atoms with Crippen LogP contribution in [0.2, 0.25) is 0 Å². The van der Waals surface area contributed by atoms with Gasteiger partial charge in [0.2, 0.25) is 5.88 Å². The molecule has 0 spiro atoms. The lowest BCUT2D eigenvalue weighted by molar-refractivity contribution is -0.142. The summed E-state index contributed by atoms with van der Waals surface area (Å²) in [5.74, 6) is -3.19. The molecule has 1 aromatic heterocycles. The summed E-state index contributed by atoms with van der Waals surface area (Å²) in [5, 5.41) is 11.9. The highest BCUT2D eigenvalue weighted by molar-refractivity contribution is 6.08. The van der Waals surface area contributed by atoms with Crippen LogP contribution in [0.25, 0.3) is 0 Å². The van der Waals surface area contributed by atoms with Crippen molar-refractivity contribution < 1.29 is 32.6 Å². The number of carbonyl (C=O) groups excluding carboxylic acids is 2. The molecule has 6 nitrogen and oxygen atoms in total. The molecule has 0 saturated heterocycles. The lowest BCUT2D eigenvalue weighted by Crippen LogP contribution is -2.16. The highest BCUT2D eigenvalue weighted by atomic mass is 19.4. The number of halogens is 3. The summed E-state index contributed by atoms with van der Waals surface area (Å²) < 4.78 is 42.9. The molecule has 122 valence electrons. The number of nitrogens with one attached hydrogen (secondary N) is 1. The minimum atomic E-state index is -4.87. The Morgan fingerprint density at radius 3 is 2.50 bits per heavy atom. The lowest BCUT2D eigenvalue weighted by Gasteiger charge is -2.14. The Hall–Kier alpha value is -2.32. The molecular weight excluding hydrogens is 305 g/mol. The Kier molecular flexibility index (Phi) is 5.72. The molecule has 0 aliphatic carbocycles. The van der Waals surface area contributed by atoms with Crippen LogP contribution in [-0.2, 0) is 15.7 Å². The number of nitrogens with zero attached hydrogens (tertiary/aromatic N) is 1. The standard InChI is InChI=1S/C13H15F3N2O4/c1-3-17-11-7(9(19)6-10(20)22-4-2)5-8(12(21)18-11)13(14,15)16/h5H,3-4,6H2,1-2H3,(H2,17,18,21). The van der Waals surface area contributed by atoms with Crippen LogP contribution in [0, 0.1) is 0 Å². The van der Waals surface area contributed by atoms with E-state index in [1.807, 2.05) is 0 Å². The fourth-order valence-electron chi connectivity index (χ4n) is 1.67. The largest absolute Gasteiger partial charge is 0.493 e. The number of hydrogen-bond donors (Lipinski definition) is 2. The van der Waals surface area contributed by atoms with Crippen molar-refractivity contribution >= 4 is 17.6 Å². The molecule has 0 amide bonds. The van der Waals surface area contributed by atoms with E-state index in [4.69, 9.17) is 0 Å². The van der Waals surface area contributed by atoms with Crippen LogP contribution in [0.1, 0.15) is 36.2 Å². The number of aromatic hydroxyl groups is 1. The number of hydrogen-bond acceptors (Lipinski definition) is 6. The Balaban J connectivity index is 3.24. The average Bonchev–Trinajstić information content (AvgIpc) is 2.37. The molecule has 2 N–H and O–H groups in total. The van der Waals surface area contributed by atoms with E-state index in [1.165, 1.54) is 6.92 Å². The first-order valence-electron chi connectivity index (χ1n) is 6.44. The Bertz CT molecular complexity index is 573. The molecule has 9 heteroatoms. The number of alkyl halides is 3. The van der Waals surface area contributed by atoms with Gasteiger partial charge in [-0.2, -0.15) is 18.2 Å². The summed E-state index contributed by atoms with van der Waals surface area (Å²) in [6.07, 6.45) is -5.59. The molecule has 0 atom stereocenters. The summed E-state index contributed by atoms with van der Waals surface area (Å²) in [5.41, 5.74) is -1.87. The molecule has 22 heavy (non-hydrogen) atoms. The first kappa shape index (κ1) is 17.7. The van der Waals surface area contributed by atoms with E-state index in [9.17, 15) is 27.9 Å². The van der Waals surface area contributed by atoms with Crippen LogP contribution in [0.4, 0.5) is 19.0 Å². The number of aromatic nitrogens is 1. The van der Waals surface area contributed by atoms with E-state index in [2.05, 4.69) is 15.0 Å². The smallest absolute Gasteiger partial charge is 0.421 e. The molecule has 0 radical (unpaired) electrons. The lowest BCUT2D eigenvalue weighted by atomic mass is 10.1. The van der Waals surface area contributed by atoms with E-state index in [0.717, 1.165) is 0 Å². The minimum absolute atomic E-state index is 0.0494. The van der Waals surface area contributed by atoms with Crippen LogP contribution in [0.15, 0.2) is 6.07 Å². The monoisotopic (exact) mass is 320 g/mol. The number of anilines is 1. The van der Waals surface area contributed by atoms with Crippen molar-refractivity contribution in [2.75, 3.05) is 18.5 Å². The van der Waals surface area contributed by atoms with Crippen molar-refractivity contribution in [2.45, 2.75) is 26.4 Å². The van der Waals surface area contributed by atoms with Crippen LogP contribution < -0.4 is 5.32 Å². The second-order valence-electron chi connectivity index (χ2n) is 4.19. The number of Topliss-reactive ketones (excluding diaryl/α,β-unsaturated/α-hetero) is 1. The van der Waals surface area contributed by atoms with Crippen molar-refractivity contribution in [3.63, 3.8) is 0 Å². The van der Waals surface area contributed by atoms with Crippen molar-refractivity contribution in [3.05, 3.63) is 17.2 Å². The van der Waals surface area contributed by atoms with Gasteiger partial charge in [-0.1, -0.05) is 0 Å². The van der Waals surface area contributed by atoms with Gasteiger partial charge in [0.05, 0.1) is 12.2 Å². The molecule has 0 unspecified atom stereocenters. The summed E-state index contributed by atoms with van der Waals surface area (Å²) in [6.45, 7) is 3.48. The molecule has 0 aliphatic rings. The molecule has 1 rings (SSSR count). The molecule has 0 bridgehead atoms. The van der Waals surface area contributed by atoms with Gasteiger partial charge in [0, 0.05) is 6.54 Å².